The number of ether oxygens (including phenoxy) is 1. The fourth-order valence-corrected chi connectivity index (χ4v) is 2.55. The third kappa shape index (κ3) is 3.59. The van der Waals surface area contributed by atoms with Gasteiger partial charge >= 0.3 is 5.97 Å². The second-order valence-electron chi connectivity index (χ2n) is 5.88. The van der Waals surface area contributed by atoms with Gasteiger partial charge in [-0.1, -0.05) is 0 Å². The number of Topliss-reactive ketones (excluding diaryl/α,β-unsaturated/α-hetero) is 1. The van der Waals surface area contributed by atoms with Crippen LogP contribution in [0.15, 0.2) is 0 Å². The topological polar surface area (TPSA) is 55.4 Å². The van der Waals surface area contributed by atoms with Crippen molar-refractivity contribution in [3.8, 4) is 0 Å². The highest BCUT2D eigenvalue weighted by atomic mass is 16.5. The summed E-state index contributed by atoms with van der Waals surface area (Å²) in [4.78, 5) is 22.1. The van der Waals surface area contributed by atoms with Crippen molar-refractivity contribution >= 4 is 11.8 Å². The van der Waals surface area contributed by atoms with Crippen LogP contribution in [0.1, 0.15) is 47.5 Å². The smallest absolute Gasteiger partial charge is 0.374 e. The van der Waals surface area contributed by atoms with Gasteiger partial charge in [0.1, 0.15) is 6.10 Å². The van der Waals surface area contributed by atoms with E-state index in [2.05, 4.69) is 33.0 Å². The molecule has 0 atom stereocenters. The maximum absolute atomic E-state index is 11.2. The van der Waals surface area contributed by atoms with Gasteiger partial charge in [0, 0.05) is 30.8 Å². The molecule has 4 nitrogen and oxygen atoms in total. The first-order valence-corrected chi connectivity index (χ1v) is 5.62. The van der Waals surface area contributed by atoms with E-state index in [9.17, 15) is 9.59 Å². The number of piperidine rings is 1. The molecule has 0 spiro atoms. The minimum absolute atomic E-state index is 0.0799. The number of carbonyl (C=O) groups excluding carboxylic acids is 2. The van der Waals surface area contributed by atoms with Gasteiger partial charge in [0.2, 0.25) is 5.78 Å². The van der Waals surface area contributed by atoms with Crippen LogP contribution in [-0.2, 0) is 14.3 Å². The Kier molecular flexibility index (Phi) is 3.43. The standard InChI is InChI=1S/C12H21NO3/c1-8(14)10(15)16-9-6-11(2,3)13-12(4,5)7-9/h9,13H,6-7H2,1-5H3. The summed E-state index contributed by atoms with van der Waals surface area (Å²) in [7, 11) is 0. The average molecular weight is 227 g/mol. The fourth-order valence-electron chi connectivity index (χ4n) is 2.55. The van der Waals surface area contributed by atoms with Crippen molar-refractivity contribution in [2.75, 3.05) is 0 Å². The second-order valence-corrected chi connectivity index (χ2v) is 5.88. The monoisotopic (exact) mass is 227 g/mol. The third-order valence-corrected chi connectivity index (χ3v) is 2.71. The Morgan fingerprint density at radius 2 is 1.56 bits per heavy atom. The molecule has 0 bridgehead atoms. The molecule has 0 radical (unpaired) electrons. The molecule has 1 aliphatic heterocycles. The van der Waals surface area contributed by atoms with Gasteiger partial charge in [-0.15, -0.1) is 0 Å². The summed E-state index contributed by atoms with van der Waals surface area (Å²) in [6.45, 7) is 9.52. The van der Waals surface area contributed by atoms with Crippen LogP contribution < -0.4 is 5.32 Å². The van der Waals surface area contributed by atoms with Crippen molar-refractivity contribution < 1.29 is 14.3 Å². The highest BCUT2D eigenvalue weighted by molar-refractivity contribution is 6.32. The molecule has 0 amide bonds. The summed E-state index contributed by atoms with van der Waals surface area (Å²) < 4.78 is 5.20. The van der Waals surface area contributed by atoms with Gasteiger partial charge in [0.15, 0.2) is 0 Å². The molecule has 16 heavy (non-hydrogen) atoms. The quantitative estimate of drug-likeness (QED) is 0.572. The van der Waals surface area contributed by atoms with Crippen LogP contribution in [0.2, 0.25) is 0 Å². The zero-order valence-corrected chi connectivity index (χ0v) is 10.7. The van der Waals surface area contributed by atoms with Crippen LogP contribution in [0.3, 0.4) is 0 Å². The summed E-state index contributed by atoms with van der Waals surface area (Å²) in [5, 5.41) is 3.49. The van der Waals surface area contributed by atoms with E-state index in [1.165, 1.54) is 6.92 Å². The largest absolute Gasteiger partial charge is 0.457 e. The van der Waals surface area contributed by atoms with Crippen molar-refractivity contribution in [3.05, 3.63) is 0 Å². The number of ketones is 1. The molecule has 0 saturated carbocycles. The molecule has 1 fully saturated rings. The van der Waals surface area contributed by atoms with E-state index in [-0.39, 0.29) is 17.2 Å². The van der Waals surface area contributed by atoms with Gasteiger partial charge in [-0.2, -0.15) is 0 Å². The molecule has 1 heterocycles. The van der Waals surface area contributed by atoms with Gasteiger partial charge in [-0.3, -0.25) is 4.79 Å². The molecule has 0 unspecified atom stereocenters. The maximum Gasteiger partial charge on any atom is 0.374 e. The van der Waals surface area contributed by atoms with E-state index in [0.29, 0.717) is 0 Å². The predicted molar refractivity (Wildman–Crippen MR) is 61.1 cm³/mol. The van der Waals surface area contributed by atoms with Crippen molar-refractivity contribution in [1.82, 2.24) is 5.32 Å². The lowest BCUT2D eigenvalue weighted by molar-refractivity contribution is -0.160. The molecular formula is C12H21NO3. The first-order chi connectivity index (χ1) is 7.11. The maximum atomic E-state index is 11.2. The van der Waals surface area contributed by atoms with Crippen molar-refractivity contribution in [2.24, 2.45) is 0 Å². The molecule has 4 heteroatoms. The van der Waals surface area contributed by atoms with Crippen molar-refractivity contribution in [1.29, 1.82) is 0 Å². The number of nitrogens with one attached hydrogen (secondary N) is 1. The second kappa shape index (κ2) is 4.17. The normalized spacial score (nSPS) is 23.8. The van der Waals surface area contributed by atoms with Crippen LogP contribution in [0.4, 0.5) is 0 Å². The van der Waals surface area contributed by atoms with E-state index in [0.717, 1.165) is 12.8 Å². The zero-order chi connectivity index (χ0) is 12.6. The van der Waals surface area contributed by atoms with E-state index in [4.69, 9.17) is 4.74 Å². The Labute approximate surface area is 96.7 Å². The van der Waals surface area contributed by atoms with Crippen molar-refractivity contribution in [3.63, 3.8) is 0 Å². The minimum Gasteiger partial charge on any atom is -0.457 e. The highest BCUT2D eigenvalue weighted by Gasteiger charge is 2.39. The molecular weight excluding hydrogens is 206 g/mol. The summed E-state index contributed by atoms with van der Waals surface area (Å²) in [6.07, 6.45) is 1.29. The highest BCUT2D eigenvalue weighted by Crippen LogP contribution is 2.30. The Bertz CT molecular complexity index is 291. The predicted octanol–water partition coefficient (Wildman–Crippen LogP) is 1.43. The van der Waals surface area contributed by atoms with Crippen LogP contribution >= 0.6 is 0 Å². The van der Waals surface area contributed by atoms with Crippen LogP contribution in [0.5, 0.6) is 0 Å². The zero-order valence-electron chi connectivity index (χ0n) is 10.7. The van der Waals surface area contributed by atoms with Gasteiger partial charge < -0.3 is 10.1 Å². The molecule has 1 rings (SSSR count). The number of hydrogen-bond donors (Lipinski definition) is 1. The molecule has 0 aromatic rings. The molecule has 1 saturated heterocycles. The first kappa shape index (κ1) is 13.2. The van der Waals surface area contributed by atoms with Gasteiger partial charge in [0.25, 0.3) is 0 Å². The minimum atomic E-state index is -0.724. The van der Waals surface area contributed by atoms with E-state index in [1.807, 2.05) is 0 Å². The van der Waals surface area contributed by atoms with Gasteiger partial charge in [0.05, 0.1) is 0 Å². The fraction of sp³-hybridized carbons (Fsp3) is 0.833. The van der Waals surface area contributed by atoms with E-state index >= 15 is 0 Å². The third-order valence-electron chi connectivity index (χ3n) is 2.71. The lowest BCUT2D eigenvalue weighted by Crippen LogP contribution is -2.59. The molecule has 0 aromatic carbocycles. The number of esters is 1. The SMILES string of the molecule is CC(=O)C(=O)OC1CC(C)(C)NC(C)(C)C1. The van der Waals surface area contributed by atoms with Crippen LogP contribution in [0, 0.1) is 0 Å². The first-order valence-electron chi connectivity index (χ1n) is 5.62. The lowest BCUT2D eigenvalue weighted by atomic mass is 9.81. The Hall–Kier alpha value is -0.900. The summed E-state index contributed by atoms with van der Waals surface area (Å²) in [5.41, 5.74) is -0.160. The molecule has 1 N–H and O–H groups in total. The summed E-state index contributed by atoms with van der Waals surface area (Å²) in [6, 6.07) is 0. The number of carbonyl (C=O) groups is 2. The average Bonchev–Trinajstić information content (AvgIpc) is 1.96. The molecule has 1 aliphatic rings. The summed E-state index contributed by atoms with van der Waals surface area (Å²) in [5.74, 6) is -1.26. The van der Waals surface area contributed by atoms with Crippen LogP contribution in [-0.4, -0.2) is 28.9 Å². The Morgan fingerprint density at radius 1 is 1.12 bits per heavy atom. The van der Waals surface area contributed by atoms with Crippen LogP contribution in [0.25, 0.3) is 0 Å². The number of hydrogen-bond acceptors (Lipinski definition) is 4. The van der Waals surface area contributed by atoms with Crippen molar-refractivity contribution in [2.45, 2.75) is 64.6 Å². The number of rotatable bonds is 2. The van der Waals surface area contributed by atoms with E-state index in [1.54, 1.807) is 0 Å². The molecule has 92 valence electrons. The molecule has 0 aliphatic carbocycles. The summed E-state index contributed by atoms with van der Waals surface area (Å²) >= 11 is 0. The van der Waals surface area contributed by atoms with Gasteiger partial charge in [-0.05, 0) is 27.7 Å². The Balaban J connectivity index is 2.68. The lowest BCUT2D eigenvalue weighted by Gasteiger charge is -2.45. The molecule has 0 aromatic heterocycles. The van der Waals surface area contributed by atoms with E-state index < -0.39 is 11.8 Å². The van der Waals surface area contributed by atoms with Gasteiger partial charge in [-0.25, -0.2) is 4.79 Å². The Morgan fingerprint density at radius 3 is 1.94 bits per heavy atom.